The number of benzene rings is 1. The van der Waals surface area contributed by atoms with E-state index >= 15 is 0 Å². The molecule has 0 radical (unpaired) electrons. The van der Waals surface area contributed by atoms with Crippen LogP contribution in [0.5, 0.6) is 0 Å². The number of nitrogens with zero attached hydrogens (tertiary/aromatic N) is 1. The molecule has 0 aliphatic carbocycles. The Labute approximate surface area is 128 Å². The van der Waals surface area contributed by atoms with Crippen LogP contribution < -0.4 is 10.2 Å². The molecule has 6 heteroatoms. The van der Waals surface area contributed by atoms with Crippen LogP contribution in [0, 0.1) is 5.92 Å². The molecule has 0 bridgehead atoms. The first kappa shape index (κ1) is 16.4. The molecule has 1 heterocycles. The summed E-state index contributed by atoms with van der Waals surface area (Å²) in [5.74, 6) is 0.427. The molecule has 0 amide bonds. The summed E-state index contributed by atoms with van der Waals surface area (Å²) in [5.41, 5.74) is 1.12. The fourth-order valence-electron chi connectivity index (χ4n) is 2.78. The van der Waals surface area contributed by atoms with Gasteiger partial charge in [-0.2, -0.15) is 13.2 Å². The van der Waals surface area contributed by atoms with Crippen LogP contribution in [-0.4, -0.2) is 31.9 Å². The van der Waals surface area contributed by atoms with E-state index in [0.717, 1.165) is 31.6 Å². The van der Waals surface area contributed by atoms with Gasteiger partial charge in [-0.1, -0.05) is 11.6 Å². The molecule has 2 unspecified atom stereocenters. The fraction of sp³-hybridized carbons (Fsp3) is 0.600. The lowest BCUT2D eigenvalue weighted by atomic mass is 10.00. The van der Waals surface area contributed by atoms with Crippen molar-refractivity contribution in [2.75, 3.05) is 24.5 Å². The van der Waals surface area contributed by atoms with Gasteiger partial charge in [0.25, 0.3) is 0 Å². The summed E-state index contributed by atoms with van der Waals surface area (Å²) in [7, 11) is 0. The topological polar surface area (TPSA) is 15.3 Å². The molecule has 1 fully saturated rings. The Kier molecular flexibility index (Phi) is 5.38. The van der Waals surface area contributed by atoms with Crippen LogP contribution >= 0.6 is 11.6 Å². The van der Waals surface area contributed by atoms with Gasteiger partial charge in [0.05, 0.1) is 6.54 Å². The van der Waals surface area contributed by atoms with E-state index in [1.54, 1.807) is 0 Å². The molecule has 2 atom stereocenters. The minimum Gasteiger partial charge on any atom is -0.371 e. The van der Waals surface area contributed by atoms with Gasteiger partial charge in [0.2, 0.25) is 0 Å². The number of nitrogens with one attached hydrogen (secondary N) is 1. The van der Waals surface area contributed by atoms with E-state index in [1.807, 2.05) is 31.2 Å². The van der Waals surface area contributed by atoms with E-state index in [9.17, 15) is 13.2 Å². The summed E-state index contributed by atoms with van der Waals surface area (Å²) in [6.07, 6.45) is -2.36. The number of anilines is 1. The number of alkyl halides is 3. The van der Waals surface area contributed by atoms with Crippen LogP contribution in [-0.2, 0) is 0 Å². The summed E-state index contributed by atoms with van der Waals surface area (Å²) in [5, 5.41) is 3.26. The maximum Gasteiger partial charge on any atom is 0.401 e. The Hall–Kier alpha value is -0.940. The number of rotatable bonds is 5. The first-order chi connectivity index (χ1) is 9.83. The quantitative estimate of drug-likeness (QED) is 0.879. The predicted octanol–water partition coefficient (Wildman–Crippen LogP) is 4.10. The highest BCUT2D eigenvalue weighted by Gasteiger charge is 2.29. The molecule has 0 spiro atoms. The predicted molar refractivity (Wildman–Crippen MR) is 79.9 cm³/mol. The summed E-state index contributed by atoms with van der Waals surface area (Å²) in [6, 6.07) is 7.56. The van der Waals surface area contributed by atoms with E-state index in [2.05, 4.69) is 10.2 Å². The Balaban J connectivity index is 1.78. The van der Waals surface area contributed by atoms with Crippen molar-refractivity contribution in [1.29, 1.82) is 0 Å². The third kappa shape index (κ3) is 5.40. The normalized spacial score (nSPS) is 20.8. The third-order valence-corrected chi connectivity index (χ3v) is 4.07. The monoisotopic (exact) mass is 320 g/mol. The Morgan fingerprint density at radius 3 is 2.62 bits per heavy atom. The second-order valence-corrected chi connectivity index (χ2v) is 6.15. The third-order valence-electron chi connectivity index (χ3n) is 3.82. The zero-order valence-electron chi connectivity index (χ0n) is 12.0. The van der Waals surface area contributed by atoms with E-state index in [-0.39, 0.29) is 6.04 Å². The van der Waals surface area contributed by atoms with Crippen molar-refractivity contribution in [2.24, 2.45) is 5.92 Å². The maximum absolute atomic E-state index is 12.2. The van der Waals surface area contributed by atoms with E-state index in [1.165, 1.54) is 0 Å². The zero-order valence-corrected chi connectivity index (χ0v) is 12.7. The average Bonchev–Trinajstić information content (AvgIpc) is 2.85. The van der Waals surface area contributed by atoms with Gasteiger partial charge in [-0.3, -0.25) is 0 Å². The van der Waals surface area contributed by atoms with Crippen molar-refractivity contribution in [3.8, 4) is 0 Å². The van der Waals surface area contributed by atoms with Gasteiger partial charge in [0.1, 0.15) is 0 Å². The molecular formula is C15H20ClF3N2. The smallest absolute Gasteiger partial charge is 0.371 e. The summed E-state index contributed by atoms with van der Waals surface area (Å²) < 4.78 is 36.5. The molecule has 2 nitrogen and oxygen atoms in total. The summed E-state index contributed by atoms with van der Waals surface area (Å²) in [6.45, 7) is 2.73. The highest BCUT2D eigenvalue weighted by molar-refractivity contribution is 6.30. The van der Waals surface area contributed by atoms with Gasteiger partial charge in [0, 0.05) is 29.8 Å². The second kappa shape index (κ2) is 6.88. The molecule has 118 valence electrons. The van der Waals surface area contributed by atoms with E-state index in [0.29, 0.717) is 10.9 Å². The second-order valence-electron chi connectivity index (χ2n) is 5.71. The molecule has 21 heavy (non-hydrogen) atoms. The molecule has 1 aromatic carbocycles. The minimum atomic E-state index is -4.14. The van der Waals surface area contributed by atoms with Crippen molar-refractivity contribution in [2.45, 2.75) is 32.0 Å². The van der Waals surface area contributed by atoms with Gasteiger partial charge >= 0.3 is 6.18 Å². The average molecular weight is 321 g/mol. The van der Waals surface area contributed by atoms with Crippen molar-refractivity contribution >= 4 is 17.3 Å². The molecule has 0 aromatic heterocycles. The van der Waals surface area contributed by atoms with Crippen LogP contribution in [0.25, 0.3) is 0 Å². The maximum atomic E-state index is 12.2. The number of hydrogen-bond donors (Lipinski definition) is 1. The molecule has 1 aliphatic heterocycles. The van der Waals surface area contributed by atoms with Gasteiger partial charge < -0.3 is 10.2 Å². The van der Waals surface area contributed by atoms with E-state index in [4.69, 9.17) is 11.6 Å². The lowest BCUT2D eigenvalue weighted by Gasteiger charge is -2.21. The fourth-order valence-corrected chi connectivity index (χ4v) is 2.91. The van der Waals surface area contributed by atoms with Crippen molar-refractivity contribution < 1.29 is 13.2 Å². The highest BCUT2D eigenvalue weighted by atomic mass is 35.5. The van der Waals surface area contributed by atoms with Crippen molar-refractivity contribution in [3.05, 3.63) is 29.3 Å². The lowest BCUT2D eigenvalue weighted by Crippen LogP contribution is -2.36. The first-order valence-electron chi connectivity index (χ1n) is 7.14. The largest absolute Gasteiger partial charge is 0.401 e. The number of halogens is 4. The van der Waals surface area contributed by atoms with Crippen LogP contribution in [0.3, 0.4) is 0 Å². The van der Waals surface area contributed by atoms with Crippen LogP contribution in [0.15, 0.2) is 24.3 Å². The molecule has 1 saturated heterocycles. The Morgan fingerprint density at radius 1 is 1.33 bits per heavy atom. The van der Waals surface area contributed by atoms with Crippen molar-refractivity contribution in [3.63, 3.8) is 0 Å². The van der Waals surface area contributed by atoms with Gasteiger partial charge in [0.15, 0.2) is 0 Å². The number of hydrogen-bond acceptors (Lipinski definition) is 2. The van der Waals surface area contributed by atoms with Crippen LogP contribution in [0.1, 0.15) is 19.8 Å². The Morgan fingerprint density at radius 2 is 2.00 bits per heavy atom. The Bertz CT molecular complexity index is 447. The molecule has 1 aliphatic rings. The summed E-state index contributed by atoms with van der Waals surface area (Å²) in [4.78, 5) is 2.26. The van der Waals surface area contributed by atoms with E-state index < -0.39 is 12.7 Å². The van der Waals surface area contributed by atoms with Crippen molar-refractivity contribution in [1.82, 2.24) is 5.32 Å². The minimum absolute atomic E-state index is 0.123. The highest BCUT2D eigenvalue weighted by Crippen LogP contribution is 2.27. The standard InChI is InChI=1S/C15H20ClF3N2/c1-11(20-10-15(17,18)19)8-12-6-7-21(9-12)14-4-2-13(16)3-5-14/h2-5,11-12,20H,6-10H2,1H3. The first-order valence-corrected chi connectivity index (χ1v) is 7.52. The molecule has 1 N–H and O–H groups in total. The molecule has 0 saturated carbocycles. The molecular weight excluding hydrogens is 301 g/mol. The van der Waals surface area contributed by atoms with Crippen LogP contribution in [0.2, 0.25) is 5.02 Å². The van der Waals surface area contributed by atoms with Crippen LogP contribution in [0.4, 0.5) is 18.9 Å². The lowest BCUT2D eigenvalue weighted by molar-refractivity contribution is -0.126. The van der Waals surface area contributed by atoms with Gasteiger partial charge in [-0.05, 0) is 49.9 Å². The summed E-state index contributed by atoms with van der Waals surface area (Å²) >= 11 is 5.87. The SMILES string of the molecule is CC(CC1CCN(c2ccc(Cl)cc2)C1)NCC(F)(F)F. The van der Waals surface area contributed by atoms with Gasteiger partial charge in [-0.15, -0.1) is 0 Å². The molecule has 1 aromatic rings. The molecule has 2 rings (SSSR count). The van der Waals surface area contributed by atoms with Gasteiger partial charge in [-0.25, -0.2) is 0 Å². The zero-order chi connectivity index (χ0) is 15.5.